The third-order valence-corrected chi connectivity index (χ3v) is 2.27. The van der Waals surface area contributed by atoms with E-state index in [0.717, 1.165) is 11.3 Å². The highest BCUT2D eigenvalue weighted by molar-refractivity contribution is 5.73. The fourth-order valence-corrected chi connectivity index (χ4v) is 1.48. The molecule has 0 radical (unpaired) electrons. The summed E-state index contributed by atoms with van der Waals surface area (Å²) in [4.78, 5) is 19.1. The lowest BCUT2D eigenvalue weighted by atomic mass is 10.1. The maximum absolute atomic E-state index is 10.7. The second-order valence-corrected chi connectivity index (χ2v) is 3.56. The Labute approximate surface area is 98.6 Å². The van der Waals surface area contributed by atoms with Crippen LogP contribution in [0.15, 0.2) is 30.3 Å². The van der Waals surface area contributed by atoms with Gasteiger partial charge in [-0.1, -0.05) is 0 Å². The van der Waals surface area contributed by atoms with E-state index in [1.54, 1.807) is 30.3 Å². The average Bonchev–Trinajstić information content (AvgIpc) is 2.38. The third-order valence-electron chi connectivity index (χ3n) is 2.27. The minimum atomic E-state index is 0.358. The first kappa shape index (κ1) is 11.0. The van der Waals surface area contributed by atoms with Crippen molar-refractivity contribution in [2.45, 2.75) is 6.92 Å². The van der Waals surface area contributed by atoms with Gasteiger partial charge in [0.05, 0.1) is 11.6 Å². The van der Waals surface area contributed by atoms with Crippen LogP contribution in [0.25, 0.3) is 11.4 Å². The van der Waals surface area contributed by atoms with Crippen molar-refractivity contribution in [3.8, 4) is 17.5 Å². The molecule has 0 saturated carbocycles. The van der Waals surface area contributed by atoms with E-state index < -0.39 is 0 Å². The molecule has 0 amide bonds. The summed E-state index contributed by atoms with van der Waals surface area (Å²) in [6.45, 7) is 1.81. The van der Waals surface area contributed by atoms with E-state index in [4.69, 9.17) is 5.26 Å². The predicted octanol–water partition coefficient (Wildman–Crippen LogP) is 2.14. The number of aryl methyl sites for hydroxylation is 1. The lowest BCUT2D eigenvalue weighted by Gasteiger charge is -2.02. The standard InChI is InChI=1S/C13H9N3O/c1-9-6-12(8-17)16-13(15-9)11-4-2-10(7-14)3-5-11/h2-6,8H,1H3. The van der Waals surface area contributed by atoms with Gasteiger partial charge in [0.2, 0.25) is 0 Å². The Morgan fingerprint density at radius 3 is 2.53 bits per heavy atom. The smallest absolute Gasteiger partial charge is 0.168 e. The van der Waals surface area contributed by atoms with Crippen LogP contribution in [0.1, 0.15) is 21.7 Å². The van der Waals surface area contributed by atoms with Gasteiger partial charge < -0.3 is 0 Å². The van der Waals surface area contributed by atoms with Crippen molar-refractivity contribution in [3.05, 3.63) is 47.3 Å². The van der Waals surface area contributed by atoms with Crippen molar-refractivity contribution in [1.82, 2.24) is 9.97 Å². The number of hydrogen-bond acceptors (Lipinski definition) is 4. The van der Waals surface area contributed by atoms with Gasteiger partial charge in [0.15, 0.2) is 12.1 Å². The molecule has 0 unspecified atom stereocenters. The molecule has 1 heterocycles. The van der Waals surface area contributed by atoms with E-state index in [1.165, 1.54) is 0 Å². The molecule has 1 aromatic heterocycles. The van der Waals surface area contributed by atoms with Gasteiger partial charge >= 0.3 is 0 Å². The number of aldehydes is 1. The predicted molar refractivity (Wildman–Crippen MR) is 62.3 cm³/mol. The highest BCUT2D eigenvalue weighted by atomic mass is 16.1. The van der Waals surface area contributed by atoms with Crippen molar-refractivity contribution >= 4 is 6.29 Å². The molecule has 0 fully saturated rings. The molecule has 0 aliphatic carbocycles. The van der Waals surface area contributed by atoms with Gasteiger partial charge in [0, 0.05) is 11.3 Å². The van der Waals surface area contributed by atoms with Gasteiger partial charge in [-0.2, -0.15) is 5.26 Å². The Morgan fingerprint density at radius 1 is 1.24 bits per heavy atom. The molecule has 82 valence electrons. The van der Waals surface area contributed by atoms with E-state index in [-0.39, 0.29) is 0 Å². The molecule has 1 aromatic carbocycles. The zero-order chi connectivity index (χ0) is 12.3. The van der Waals surface area contributed by atoms with Crippen LogP contribution < -0.4 is 0 Å². The molecule has 0 aliphatic rings. The lowest BCUT2D eigenvalue weighted by molar-refractivity contribution is 0.111. The molecular weight excluding hydrogens is 214 g/mol. The normalized spacial score (nSPS) is 9.65. The molecule has 0 N–H and O–H groups in total. The first-order chi connectivity index (χ1) is 8.22. The van der Waals surface area contributed by atoms with Crippen molar-refractivity contribution in [3.63, 3.8) is 0 Å². The molecule has 17 heavy (non-hydrogen) atoms. The van der Waals surface area contributed by atoms with Gasteiger partial charge in [-0.3, -0.25) is 4.79 Å². The Hall–Kier alpha value is -2.54. The first-order valence-electron chi connectivity index (χ1n) is 5.04. The molecule has 4 nitrogen and oxygen atoms in total. The summed E-state index contributed by atoms with van der Waals surface area (Å²) >= 11 is 0. The SMILES string of the molecule is Cc1cc(C=O)nc(-c2ccc(C#N)cc2)n1. The van der Waals surface area contributed by atoms with Crippen LogP contribution in [0, 0.1) is 18.3 Å². The monoisotopic (exact) mass is 223 g/mol. The van der Waals surface area contributed by atoms with Crippen molar-refractivity contribution < 1.29 is 4.79 Å². The van der Waals surface area contributed by atoms with Gasteiger partial charge in [0.25, 0.3) is 0 Å². The largest absolute Gasteiger partial charge is 0.296 e. The molecule has 0 aliphatic heterocycles. The topological polar surface area (TPSA) is 66.6 Å². The van der Waals surface area contributed by atoms with E-state index in [0.29, 0.717) is 23.4 Å². The Balaban J connectivity index is 2.48. The third kappa shape index (κ3) is 2.34. The minimum Gasteiger partial charge on any atom is -0.296 e. The van der Waals surface area contributed by atoms with Crippen molar-refractivity contribution in [2.24, 2.45) is 0 Å². The summed E-state index contributed by atoms with van der Waals surface area (Å²) < 4.78 is 0. The molecule has 2 aromatic rings. The summed E-state index contributed by atoms with van der Waals surface area (Å²) in [5.41, 5.74) is 2.46. The molecule has 4 heteroatoms. The molecule has 2 rings (SSSR count). The van der Waals surface area contributed by atoms with Crippen molar-refractivity contribution in [1.29, 1.82) is 5.26 Å². The Kier molecular flexibility index (Phi) is 2.93. The quantitative estimate of drug-likeness (QED) is 0.731. The van der Waals surface area contributed by atoms with Gasteiger partial charge in [-0.25, -0.2) is 9.97 Å². The molecule has 0 spiro atoms. The zero-order valence-corrected chi connectivity index (χ0v) is 9.21. The van der Waals surface area contributed by atoms with E-state index in [1.807, 2.05) is 13.0 Å². The second-order valence-electron chi connectivity index (χ2n) is 3.56. The minimum absolute atomic E-state index is 0.358. The lowest BCUT2D eigenvalue weighted by Crippen LogP contribution is -1.96. The fraction of sp³-hybridized carbons (Fsp3) is 0.0769. The number of aromatic nitrogens is 2. The number of nitriles is 1. The fourth-order valence-electron chi connectivity index (χ4n) is 1.48. The number of carbonyl (C=O) groups excluding carboxylic acids is 1. The van der Waals surface area contributed by atoms with Crippen LogP contribution in [0.2, 0.25) is 0 Å². The highest BCUT2D eigenvalue weighted by Crippen LogP contribution is 2.16. The van der Waals surface area contributed by atoms with Crippen molar-refractivity contribution in [2.75, 3.05) is 0 Å². The Morgan fingerprint density at radius 2 is 1.94 bits per heavy atom. The number of nitrogens with zero attached hydrogens (tertiary/aromatic N) is 3. The Bertz CT molecular complexity index is 597. The van der Waals surface area contributed by atoms with Crippen LogP contribution >= 0.6 is 0 Å². The molecular formula is C13H9N3O. The van der Waals surface area contributed by atoms with Crippen LogP contribution in [0.3, 0.4) is 0 Å². The number of benzene rings is 1. The van der Waals surface area contributed by atoms with E-state index in [9.17, 15) is 4.79 Å². The van der Waals surface area contributed by atoms with Gasteiger partial charge in [-0.05, 0) is 37.3 Å². The molecule has 0 bridgehead atoms. The van der Waals surface area contributed by atoms with Gasteiger partial charge in [0.1, 0.15) is 5.69 Å². The number of rotatable bonds is 2. The van der Waals surface area contributed by atoms with E-state index in [2.05, 4.69) is 9.97 Å². The van der Waals surface area contributed by atoms with E-state index >= 15 is 0 Å². The number of hydrogen-bond donors (Lipinski definition) is 0. The summed E-state index contributed by atoms with van der Waals surface area (Å²) in [7, 11) is 0. The summed E-state index contributed by atoms with van der Waals surface area (Å²) in [5, 5.41) is 8.70. The summed E-state index contributed by atoms with van der Waals surface area (Å²) in [6.07, 6.45) is 0.696. The van der Waals surface area contributed by atoms with Crippen LogP contribution in [0.5, 0.6) is 0 Å². The summed E-state index contributed by atoms with van der Waals surface area (Å²) in [6, 6.07) is 10.6. The maximum atomic E-state index is 10.7. The highest BCUT2D eigenvalue weighted by Gasteiger charge is 2.04. The molecule has 0 saturated heterocycles. The van der Waals surface area contributed by atoms with Gasteiger partial charge in [-0.15, -0.1) is 0 Å². The number of carbonyl (C=O) groups is 1. The average molecular weight is 223 g/mol. The van der Waals surface area contributed by atoms with Crippen LogP contribution in [0.4, 0.5) is 0 Å². The van der Waals surface area contributed by atoms with Crippen LogP contribution in [-0.4, -0.2) is 16.3 Å². The molecule has 0 atom stereocenters. The summed E-state index contributed by atoms with van der Waals surface area (Å²) in [5.74, 6) is 0.497. The van der Waals surface area contributed by atoms with Crippen LogP contribution in [-0.2, 0) is 0 Å². The maximum Gasteiger partial charge on any atom is 0.168 e. The second kappa shape index (κ2) is 4.54. The zero-order valence-electron chi connectivity index (χ0n) is 9.21. The first-order valence-corrected chi connectivity index (χ1v) is 5.04.